The summed E-state index contributed by atoms with van der Waals surface area (Å²) >= 11 is 0. The lowest BCUT2D eigenvalue weighted by atomic mass is 10.1. The number of benzene rings is 2. The molecule has 0 saturated carbocycles. The maximum Gasteiger partial charge on any atom is 0.253 e. The first-order valence-corrected chi connectivity index (χ1v) is 8.76. The summed E-state index contributed by atoms with van der Waals surface area (Å²) in [6.07, 6.45) is 4.09. The molecule has 0 atom stereocenters. The molecule has 134 valence electrons. The number of hydrogen-bond donors (Lipinski definition) is 2. The Labute approximate surface area is 156 Å². The number of aromatic nitrogens is 2. The van der Waals surface area contributed by atoms with E-state index >= 15 is 0 Å². The Morgan fingerprint density at radius 1 is 1.04 bits per heavy atom. The van der Waals surface area contributed by atoms with E-state index in [4.69, 9.17) is 0 Å². The van der Waals surface area contributed by atoms with Gasteiger partial charge in [-0.2, -0.15) is 0 Å². The quantitative estimate of drug-likeness (QED) is 0.557. The van der Waals surface area contributed by atoms with E-state index in [1.807, 2.05) is 42.5 Å². The number of nitrogens with one attached hydrogen (secondary N) is 2. The zero-order chi connectivity index (χ0) is 18.6. The number of fused-ring (bicyclic) bond motifs is 1. The lowest BCUT2D eigenvalue weighted by Crippen LogP contribution is -2.25. The molecule has 2 N–H and O–H groups in total. The normalized spacial score (nSPS) is 10.9. The minimum Gasteiger partial charge on any atom is -0.352 e. The van der Waals surface area contributed by atoms with Crippen molar-refractivity contribution >= 4 is 16.9 Å². The molecule has 4 aromatic rings. The summed E-state index contributed by atoms with van der Waals surface area (Å²) in [5, 5.41) is 3.66. The molecule has 0 saturated heterocycles. The predicted molar refractivity (Wildman–Crippen MR) is 104 cm³/mol. The van der Waals surface area contributed by atoms with Crippen LogP contribution in [0.5, 0.6) is 0 Å². The number of pyridine rings is 1. The Hall–Kier alpha value is -3.47. The highest BCUT2D eigenvalue weighted by molar-refractivity contribution is 6.06. The van der Waals surface area contributed by atoms with Crippen LogP contribution in [0.15, 0.2) is 73.1 Å². The average molecular weight is 359 g/mol. The van der Waals surface area contributed by atoms with Crippen molar-refractivity contribution < 1.29 is 9.18 Å². The second kappa shape index (κ2) is 7.41. The van der Waals surface area contributed by atoms with E-state index in [1.54, 1.807) is 18.5 Å². The van der Waals surface area contributed by atoms with E-state index in [1.165, 1.54) is 17.7 Å². The van der Waals surface area contributed by atoms with Crippen molar-refractivity contribution in [3.05, 3.63) is 90.0 Å². The maximum atomic E-state index is 13.5. The van der Waals surface area contributed by atoms with Crippen molar-refractivity contribution in [2.75, 3.05) is 6.54 Å². The zero-order valence-corrected chi connectivity index (χ0v) is 14.6. The average Bonchev–Trinajstić information content (AvgIpc) is 3.12. The molecule has 1 amide bonds. The number of aromatic amines is 1. The summed E-state index contributed by atoms with van der Waals surface area (Å²) in [7, 11) is 0. The van der Waals surface area contributed by atoms with Gasteiger partial charge in [0.15, 0.2) is 0 Å². The van der Waals surface area contributed by atoms with Crippen molar-refractivity contribution in [1.82, 2.24) is 15.3 Å². The smallest absolute Gasteiger partial charge is 0.253 e. The van der Waals surface area contributed by atoms with E-state index in [9.17, 15) is 9.18 Å². The topological polar surface area (TPSA) is 57.8 Å². The first kappa shape index (κ1) is 17.0. The molecular formula is C22H18FN3O. The van der Waals surface area contributed by atoms with Crippen molar-refractivity contribution in [3.8, 4) is 11.1 Å². The lowest BCUT2D eigenvalue weighted by molar-refractivity contribution is 0.0956. The third-order valence-electron chi connectivity index (χ3n) is 4.48. The number of rotatable bonds is 5. The lowest BCUT2D eigenvalue weighted by Gasteiger charge is -2.06. The molecule has 0 fully saturated rings. The molecule has 5 heteroatoms. The van der Waals surface area contributed by atoms with Crippen LogP contribution in [0.25, 0.3) is 22.2 Å². The minimum absolute atomic E-state index is 0.157. The molecular weight excluding hydrogens is 341 g/mol. The summed E-state index contributed by atoms with van der Waals surface area (Å²) in [6, 6.07) is 18.2. The Morgan fingerprint density at radius 3 is 2.70 bits per heavy atom. The fourth-order valence-electron chi connectivity index (χ4n) is 3.08. The van der Waals surface area contributed by atoms with Crippen LogP contribution in [-0.2, 0) is 6.42 Å². The molecule has 0 aliphatic carbocycles. The van der Waals surface area contributed by atoms with Crippen LogP contribution >= 0.6 is 0 Å². The van der Waals surface area contributed by atoms with Crippen molar-refractivity contribution in [2.24, 2.45) is 0 Å². The van der Waals surface area contributed by atoms with Crippen molar-refractivity contribution in [2.45, 2.75) is 6.42 Å². The molecule has 2 aromatic carbocycles. The molecule has 4 nitrogen and oxygen atoms in total. The van der Waals surface area contributed by atoms with Crippen LogP contribution in [0.3, 0.4) is 0 Å². The van der Waals surface area contributed by atoms with Crippen LogP contribution in [0.4, 0.5) is 4.39 Å². The van der Waals surface area contributed by atoms with E-state index in [-0.39, 0.29) is 11.7 Å². The van der Waals surface area contributed by atoms with Gasteiger partial charge in [0.1, 0.15) is 11.5 Å². The summed E-state index contributed by atoms with van der Waals surface area (Å²) in [4.78, 5) is 20.0. The summed E-state index contributed by atoms with van der Waals surface area (Å²) < 4.78 is 13.5. The molecule has 2 heterocycles. The molecule has 0 bridgehead atoms. The van der Waals surface area contributed by atoms with Gasteiger partial charge in [-0.05, 0) is 35.7 Å². The Bertz CT molecular complexity index is 1090. The Balaban J connectivity index is 1.54. The van der Waals surface area contributed by atoms with Gasteiger partial charge in [0.05, 0.1) is 5.56 Å². The second-order valence-electron chi connectivity index (χ2n) is 6.32. The number of H-pyrrole nitrogens is 1. The molecule has 2 aromatic heterocycles. The molecule has 0 unspecified atom stereocenters. The van der Waals surface area contributed by atoms with Gasteiger partial charge in [0.25, 0.3) is 5.91 Å². The van der Waals surface area contributed by atoms with E-state index in [0.29, 0.717) is 23.1 Å². The third kappa shape index (κ3) is 3.72. The second-order valence-corrected chi connectivity index (χ2v) is 6.32. The molecule has 27 heavy (non-hydrogen) atoms. The standard InChI is InChI=1S/C22H18FN3O/c23-18-8-4-7-16(11-18)17-12-19-20(14-26-21(19)25-13-17)22(27)24-10-9-15-5-2-1-3-6-15/h1-8,11-14H,9-10H2,(H,24,27)(H,25,26). The molecule has 0 aliphatic heterocycles. The number of carbonyl (C=O) groups is 1. The SMILES string of the molecule is O=C(NCCc1ccccc1)c1c[nH]c2ncc(-c3cccc(F)c3)cc12. The van der Waals surface area contributed by atoms with Gasteiger partial charge in [-0.3, -0.25) is 4.79 Å². The molecule has 0 spiro atoms. The zero-order valence-electron chi connectivity index (χ0n) is 14.6. The van der Waals surface area contributed by atoms with Gasteiger partial charge in [-0.25, -0.2) is 9.37 Å². The van der Waals surface area contributed by atoms with Crippen LogP contribution in [0, 0.1) is 5.82 Å². The van der Waals surface area contributed by atoms with E-state index in [0.717, 1.165) is 17.5 Å². The van der Waals surface area contributed by atoms with Gasteiger partial charge in [-0.1, -0.05) is 42.5 Å². The third-order valence-corrected chi connectivity index (χ3v) is 4.48. The fourth-order valence-corrected chi connectivity index (χ4v) is 3.08. The summed E-state index contributed by atoms with van der Waals surface area (Å²) in [6.45, 7) is 0.548. The van der Waals surface area contributed by atoms with Crippen LogP contribution in [0.2, 0.25) is 0 Å². The number of nitrogens with zero attached hydrogens (tertiary/aromatic N) is 1. The largest absolute Gasteiger partial charge is 0.352 e. The predicted octanol–water partition coefficient (Wildman–Crippen LogP) is 4.34. The molecule has 0 aliphatic rings. The van der Waals surface area contributed by atoms with Crippen LogP contribution in [-0.4, -0.2) is 22.4 Å². The highest BCUT2D eigenvalue weighted by atomic mass is 19.1. The Morgan fingerprint density at radius 2 is 1.89 bits per heavy atom. The minimum atomic E-state index is -0.305. The van der Waals surface area contributed by atoms with Gasteiger partial charge in [0.2, 0.25) is 0 Å². The highest BCUT2D eigenvalue weighted by Gasteiger charge is 2.13. The molecule has 4 rings (SSSR count). The number of amides is 1. The summed E-state index contributed by atoms with van der Waals surface area (Å²) in [5.41, 5.74) is 3.82. The highest BCUT2D eigenvalue weighted by Crippen LogP contribution is 2.25. The van der Waals surface area contributed by atoms with Gasteiger partial charge < -0.3 is 10.3 Å². The number of carbonyl (C=O) groups excluding carboxylic acids is 1. The maximum absolute atomic E-state index is 13.5. The Kier molecular flexibility index (Phi) is 4.66. The monoisotopic (exact) mass is 359 g/mol. The number of hydrogen-bond acceptors (Lipinski definition) is 2. The van der Waals surface area contributed by atoms with Gasteiger partial charge in [0, 0.05) is 29.9 Å². The first-order valence-electron chi connectivity index (χ1n) is 8.76. The van der Waals surface area contributed by atoms with Crippen LogP contribution < -0.4 is 5.32 Å². The van der Waals surface area contributed by atoms with Crippen molar-refractivity contribution in [3.63, 3.8) is 0 Å². The van der Waals surface area contributed by atoms with Crippen LogP contribution in [0.1, 0.15) is 15.9 Å². The van der Waals surface area contributed by atoms with Gasteiger partial charge in [-0.15, -0.1) is 0 Å². The van der Waals surface area contributed by atoms with Crippen molar-refractivity contribution in [1.29, 1.82) is 0 Å². The summed E-state index contributed by atoms with van der Waals surface area (Å²) in [5.74, 6) is -0.462. The van der Waals surface area contributed by atoms with E-state index < -0.39 is 0 Å². The first-order chi connectivity index (χ1) is 13.2. The fraction of sp³-hybridized carbons (Fsp3) is 0.0909. The van der Waals surface area contributed by atoms with E-state index in [2.05, 4.69) is 15.3 Å². The number of halogens is 1. The molecule has 0 radical (unpaired) electrons. The van der Waals surface area contributed by atoms with Gasteiger partial charge >= 0.3 is 0 Å².